The minimum absolute atomic E-state index is 0. The monoisotopic (exact) mass is 301 g/mol. The van der Waals surface area contributed by atoms with E-state index >= 15 is 0 Å². The molecule has 0 aliphatic heterocycles. The molecule has 0 aromatic heterocycles. The van der Waals surface area contributed by atoms with Crippen molar-refractivity contribution in [1.29, 1.82) is 0 Å². The van der Waals surface area contributed by atoms with E-state index < -0.39 is 5.97 Å². The van der Waals surface area contributed by atoms with E-state index in [4.69, 9.17) is 11.6 Å². The van der Waals surface area contributed by atoms with E-state index in [1.54, 1.807) is 0 Å². The second-order valence-corrected chi connectivity index (χ2v) is 6.24. The molecule has 0 bridgehead atoms. The Hall–Kier alpha value is -0.0200. The Morgan fingerprint density at radius 1 is 1.10 bits per heavy atom. The molecule has 2 aliphatic carbocycles. The summed E-state index contributed by atoms with van der Waals surface area (Å²) in [5.74, 6) is -0.497. The first kappa shape index (κ1) is 16.4. The van der Waals surface area contributed by atoms with Crippen LogP contribution in [-0.2, 0) is 11.2 Å². The molecule has 1 atom stereocenters. The molecule has 1 aromatic carbocycles. The minimum atomic E-state index is -0.722. The maximum Gasteiger partial charge on any atom is 1.00 e. The fraction of sp³-hybridized carbons (Fsp3) is 0.562. The zero-order chi connectivity index (χ0) is 13.4. The molecule has 0 heterocycles. The average Bonchev–Trinajstić information content (AvgIpc) is 2.81. The molecule has 1 N–H and O–H groups in total. The summed E-state index contributed by atoms with van der Waals surface area (Å²) in [5.41, 5.74) is 3.40. The third-order valence-electron chi connectivity index (χ3n) is 4.68. The van der Waals surface area contributed by atoms with Gasteiger partial charge in [-0.05, 0) is 54.4 Å². The zero-order valence-electron chi connectivity index (χ0n) is 12.0. The van der Waals surface area contributed by atoms with E-state index in [1.807, 2.05) is 6.07 Å². The molecule has 3 rings (SSSR count). The minimum Gasteiger partial charge on any atom is -0.481 e. The van der Waals surface area contributed by atoms with Crippen molar-refractivity contribution in [2.45, 2.75) is 56.8 Å². The molecule has 20 heavy (non-hydrogen) atoms. The molecule has 1 unspecified atom stereocenters. The maximum atomic E-state index is 11.2. The van der Waals surface area contributed by atoms with Crippen molar-refractivity contribution < 1.29 is 39.5 Å². The van der Waals surface area contributed by atoms with Crippen molar-refractivity contribution in [1.82, 2.24) is 0 Å². The Balaban J connectivity index is 0.00000147. The number of fused-ring (bicyclic) bond motifs is 1. The molecule has 0 spiro atoms. The SMILES string of the molecule is O=C(O)C1CCc2cc(C3CCCCC3)c(Cl)cc21.[Na+]. The van der Waals surface area contributed by atoms with Crippen LogP contribution in [0.15, 0.2) is 12.1 Å². The third kappa shape index (κ3) is 3.09. The van der Waals surface area contributed by atoms with E-state index in [9.17, 15) is 9.90 Å². The predicted molar refractivity (Wildman–Crippen MR) is 76.0 cm³/mol. The summed E-state index contributed by atoms with van der Waals surface area (Å²) >= 11 is 6.42. The molecule has 4 heteroatoms. The van der Waals surface area contributed by atoms with Crippen LogP contribution in [0.3, 0.4) is 0 Å². The molecule has 0 radical (unpaired) electrons. The van der Waals surface area contributed by atoms with Crippen LogP contribution in [0.25, 0.3) is 0 Å². The van der Waals surface area contributed by atoms with Crippen molar-refractivity contribution in [2.24, 2.45) is 0 Å². The molecule has 2 nitrogen and oxygen atoms in total. The molecule has 1 fully saturated rings. The second kappa shape index (κ2) is 6.83. The van der Waals surface area contributed by atoms with Crippen LogP contribution in [0.5, 0.6) is 0 Å². The number of rotatable bonds is 2. The summed E-state index contributed by atoms with van der Waals surface area (Å²) in [6.07, 6.45) is 7.95. The smallest absolute Gasteiger partial charge is 0.481 e. The van der Waals surface area contributed by atoms with E-state index in [1.165, 1.54) is 43.2 Å². The summed E-state index contributed by atoms with van der Waals surface area (Å²) in [7, 11) is 0. The number of hydrogen-bond acceptors (Lipinski definition) is 1. The van der Waals surface area contributed by atoms with Gasteiger partial charge in [-0.25, -0.2) is 0 Å². The first-order valence-electron chi connectivity index (χ1n) is 7.22. The average molecular weight is 302 g/mol. The van der Waals surface area contributed by atoms with Crippen LogP contribution in [-0.4, -0.2) is 11.1 Å². The number of carboxylic acids is 1. The van der Waals surface area contributed by atoms with Gasteiger partial charge in [0.05, 0.1) is 5.92 Å². The van der Waals surface area contributed by atoms with Gasteiger partial charge < -0.3 is 5.11 Å². The molecule has 0 saturated heterocycles. The van der Waals surface area contributed by atoms with Crippen LogP contribution in [0.2, 0.25) is 5.02 Å². The first-order valence-corrected chi connectivity index (χ1v) is 7.59. The van der Waals surface area contributed by atoms with Gasteiger partial charge >= 0.3 is 35.5 Å². The maximum absolute atomic E-state index is 11.2. The van der Waals surface area contributed by atoms with Crippen molar-refractivity contribution in [2.75, 3.05) is 0 Å². The Morgan fingerprint density at radius 2 is 1.80 bits per heavy atom. The number of halogens is 1. The Kier molecular flexibility index (Phi) is 5.58. The molecule has 1 aromatic rings. The second-order valence-electron chi connectivity index (χ2n) is 5.84. The number of carboxylic acid groups (broad SMARTS) is 1. The molecular weight excluding hydrogens is 283 g/mol. The van der Waals surface area contributed by atoms with Gasteiger partial charge in [-0.1, -0.05) is 36.9 Å². The zero-order valence-corrected chi connectivity index (χ0v) is 14.7. The summed E-state index contributed by atoms with van der Waals surface area (Å²) in [5, 5.41) is 10.0. The topological polar surface area (TPSA) is 37.3 Å². The fourth-order valence-electron chi connectivity index (χ4n) is 3.63. The van der Waals surface area contributed by atoms with Crippen LogP contribution in [0, 0.1) is 0 Å². The summed E-state index contributed by atoms with van der Waals surface area (Å²) in [6, 6.07) is 4.11. The molecule has 2 aliphatic rings. The van der Waals surface area contributed by atoms with Crippen LogP contribution < -0.4 is 29.6 Å². The van der Waals surface area contributed by atoms with Gasteiger partial charge in [-0.2, -0.15) is 0 Å². The van der Waals surface area contributed by atoms with Gasteiger partial charge in [0.2, 0.25) is 0 Å². The Labute approximate surface area is 147 Å². The van der Waals surface area contributed by atoms with E-state index in [2.05, 4.69) is 6.07 Å². The van der Waals surface area contributed by atoms with E-state index in [0.717, 1.165) is 23.4 Å². The summed E-state index contributed by atoms with van der Waals surface area (Å²) in [6.45, 7) is 0. The normalized spacial score (nSPS) is 22.1. The largest absolute Gasteiger partial charge is 1.00 e. The predicted octanol–water partition coefficient (Wildman–Crippen LogP) is 1.51. The van der Waals surface area contributed by atoms with Gasteiger partial charge in [-0.15, -0.1) is 0 Å². The first-order chi connectivity index (χ1) is 9.16. The molecule has 1 saturated carbocycles. The van der Waals surface area contributed by atoms with Crippen molar-refractivity contribution >= 4 is 17.6 Å². The number of carbonyl (C=O) groups is 1. The molecular formula is C16H19ClNaO2+. The standard InChI is InChI=1S/C16H19ClO2.Na/c17-15-9-13-11(6-7-12(13)16(18)19)8-14(15)10-4-2-1-3-5-10;/h8-10,12H,1-7H2,(H,18,19);/q;+1. The summed E-state index contributed by atoms with van der Waals surface area (Å²) in [4.78, 5) is 11.2. The van der Waals surface area contributed by atoms with E-state index in [-0.39, 0.29) is 35.5 Å². The Morgan fingerprint density at radius 3 is 2.45 bits per heavy atom. The van der Waals surface area contributed by atoms with Crippen molar-refractivity contribution in [3.63, 3.8) is 0 Å². The van der Waals surface area contributed by atoms with Gasteiger partial charge in [0, 0.05) is 5.02 Å². The number of aliphatic carboxylic acids is 1. The fourth-order valence-corrected chi connectivity index (χ4v) is 3.96. The van der Waals surface area contributed by atoms with Crippen LogP contribution in [0.4, 0.5) is 0 Å². The van der Waals surface area contributed by atoms with Crippen LogP contribution >= 0.6 is 11.6 Å². The van der Waals surface area contributed by atoms with Crippen molar-refractivity contribution in [3.8, 4) is 0 Å². The number of aryl methyl sites for hydroxylation is 1. The number of benzene rings is 1. The van der Waals surface area contributed by atoms with Gasteiger partial charge in [0.15, 0.2) is 0 Å². The van der Waals surface area contributed by atoms with Gasteiger partial charge in [0.1, 0.15) is 0 Å². The number of hydrogen-bond donors (Lipinski definition) is 1. The molecule has 102 valence electrons. The quantitative estimate of drug-likeness (QED) is 0.841. The van der Waals surface area contributed by atoms with Crippen LogP contribution in [0.1, 0.15) is 67.1 Å². The summed E-state index contributed by atoms with van der Waals surface area (Å²) < 4.78 is 0. The Bertz CT molecular complexity index is 509. The van der Waals surface area contributed by atoms with Crippen molar-refractivity contribution in [3.05, 3.63) is 33.8 Å². The molecule has 0 amide bonds. The van der Waals surface area contributed by atoms with Gasteiger partial charge in [-0.3, -0.25) is 4.79 Å². The van der Waals surface area contributed by atoms with E-state index in [0.29, 0.717) is 5.92 Å². The third-order valence-corrected chi connectivity index (χ3v) is 5.01. The van der Waals surface area contributed by atoms with Gasteiger partial charge in [0.25, 0.3) is 0 Å².